The van der Waals surface area contributed by atoms with Crippen molar-refractivity contribution in [3.05, 3.63) is 53.9 Å². The summed E-state index contributed by atoms with van der Waals surface area (Å²) < 4.78 is 18.1. The van der Waals surface area contributed by atoms with E-state index in [-0.39, 0.29) is 18.0 Å². The molecule has 0 N–H and O–H groups in total. The molecule has 106 valence electrons. The van der Waals surface area contributed by atoms with Crippen LogP contribution in [0.1, 0.15) is 20.3 Å². The molecule has 0 aromatic heterocycles. The van der Waals surface area contributed by atoms with E-state index in [1.165, 1.54) is 12.1 Å². The Morgan fingerprint density at radius 1 is 1.45 bits per heavy atom. The van der Waals surface area contributed by atoms with Gasteiger partial charge in [0.05, 0.1) is 6.04 Å². The summed E-state index contributed by atoms with van der Waals surface area (Å²) in [6.07, 6.45) is 6.54. The number of amides is 1. The summed E-state index contributed by atoms with van der Waals surface area (Å²) in [5.41, 5.74) is 1.72. The average Bonchev–Trinajstić information content (AvgIpc) is 2.82. The maximum absolute atomic E-state index is 13.0. The van der Waals surface area contributed by atoms with Crippen LogP contribution in [0, 0.1) is 5.82 Å². The van der Waals surface area contributed by atoms with Crippen LogP contribution in [0.2, 0.25) is 0 Å². The lowest BCUT2D eigenvalue weighted by Crippen LogP contribution is -2.34. The first kappa shape index (κ1) is 14.3. The fraction of sp³-hybridized carbons (Fsp3) is 0.312. The smallest absolute Gasteiger partial charge is 0.415 e. The lowest BCUT2D eigenvalue weighted by molar-refractivity contribution is 0.179. The van der Waals surface area contributed by atoms with Gasteiger partial charge in [-0.2, -0.15) is 0 Å². The van der Waals surface area contributed by atoms with Gasteiger partial charge in [0, 0.05) is 5.69 Å². The molecular weight excluding hydrogens is 257 g/mol. The monoisotopic (exact) mass is 275 g/mol. The second-order valence-electron chi connectivity index (χ2n) is 4.69. The molecule has 3 nitrogen and oxygen atoms in total. The molecule has 1 amide bonds. The largest absolute Gasteiger partial charge is 0.447 e. The van der Waals surface area contributed by atoms with Crippen molar-refractivity contribution in [1.29, 1.82) is 0 Å². The van der Waals surface area contributed by atoms with Crippen LogP contribution in [0.15, 0.2) is 48.1 Å². The SMILES string of the molecule is C/C=C\C/C=C(\C)C1COC(=O)N1c1ccc(F)cc1. The Kier molecular flexibility index (Phi) is 4.56. The number of hydrogen-bond acceptors (Lipinski definition) is 2. The van der Waals surface area contributed by atoms with Gasteiger partial charge in [0.25, 0.3) is 0 Å². The highest BCUT2D eigenvalue weighted by molar-refractivity contribution is 5.91. The van der Waals surface area contributed by atoms with Crippen molar-refractivity contribution in [3.8, 4) is 0 Å². The molecule has 1 aliphatic heterocycles. The highest BCUT2D eigenvalue weighted by Gasteiger charge is 2.34. The molecule has 2 rings (SSSR count). The topological polar surface area (TPSA) is 29.5 Å². The van der Waals surface area contributed by atoms with E-state index < -0.39 is 0 Å². The van der Waals surface area contributed by atoms with Gasteiger partial charge in [-0.1, -0.05) is 23.8 Å². The van der Waals surface area contributed by atoms with Crippen molar-refractivity contribution in [1.82, 2.24) is 0 Å². The molecule has 0 radical (unpaired) electrons. The van der Waals surface area contributed by atoms with E-state index in [2.05, 4.69) is 6.08 Å². The molecule has 0 spiro atoms. The van der Waals surface area contributed by atoms with Crippen LogP contribution in [0.4, 0.5) is 14.9 Å². The molecule has 1 heterocycles. The number of carbonyl (C=O) groups is 1. The summed E-state index contributed by atoms with van der Waals surface area (Å²) >= 11 is 0. The van der Waals surface area contributed by atoms with Crippen LogP contribution in [0.5, 0.6) is 0 Å². The number of allylic oxidation sites excluding steroid dienone is 3. The van der Waals surface area contributed by atoms with Gasteiger partial charge in [-0.05, 0) is 44.5 Å². The number of carbonyl (C=O) groups excluding carboxylic acids is 1. The first-order chi connectivity index (χ1) is 9.63. The third-order valence-corrected chi connectivity index (χ3v) is 3.32. The second-order valence-corrected chi connectivity index (χ2v) is 4.69. The summed E-state index contributed by atoms with van der Waals surface area (Å²) in [7, 11) is 0. The Balaban J connectivity index is 2.22. The number of halogens is 1. The molecule has 0 bridgehead atoms. The van der Waals surface area contributed by atoms with Gasteiger partial charge in [0.1, 0.15) is 12.4 Å². The van der Waals surface area contributed by atoms with Crippen molar-refractivity contribution in [2.75, 3.05) is 11.5 Å². The molecule has 0 saturated carbocycles. The van der Waals surface area contributed by atoms with E-state index in [4.69, 9.17) is 4.74 Å². The number of ether oxygens (including phenoxy) is 1. The Hall–Kier alpha value is -2.10. The molecule has 1 aromatic rings. The van der Waals surface area contributed by atoms with E-state index in [1.807, 2.05) is 26.0 Å². The van der Waals surface area contributed by atoms with Crippen molar-refractivity contribution >= 4 is 11.8 Å². The second kappa shape index (κ2) is 6.37. The molecule has 1 aliphatic rings. The Labute approximate surface area is 118 Å². The number of cyclic esters (lactones) is 1. The van der Waals surface area contributed by atoms with Crippen LogP contribution >= 0.6 is 0 Å². The summed E-state index contributed by atoms with van der Waals surface area (Å²) in [6.45, 7) is 4.28. The number of benzene rings is 1. The van der Waals surface area contributed by atoms with Crippen LogP contribution in [0.25, 0.3) is 0 Å². The zero-order valence-electron chi connectivity index (χ0n) is 11.7. The zero-order chi connectivity index (χ0) is 14.5. The fourth-order valence-corrected chi connectivity index (χ4v) is 2.17. The van der Waals surface area contributed by atoms with Crippen LogP contribution in [-0.4, -0.2) is 18.7 Å². The normalized spacial score (nSPS) is 19.8. The third kappa shape index (κ3) is 3.07. The van der Waals surface area contributed by atoms with E-state index in [1.54, 1.807) is 17.0 Å². The summed E-state index contributed by atoms with van der Waals surface area (Å²) in [6, 6.07) is 5.74. The van der Waals surface area contributed by atoms with Gasteiger partial charge in [-0.3, -0.25) is 4.90 Å². The molecule has 0 aliphatic carbocycles. The van der Waals surface area contributed by atoms with Gasteiger partial charge < -0.3 is 4.74 Å². The maximum Gasteiger partial charge on any atom is 0.415 e. The third-order valence-electron chi connectivity index (χ3n) is 3.32. The van der Waals surface area contributed by atoms with E-state index in [9.17, 15) is 9.18 Å². The van der Waals surface area contributed by atoms with Gasteiger partial charge in [0.2, 0.25) is 0 Å². The highest BCUT2D eigenvalue weighted by atomic mass is 19.1. The summed E-state index contributed by atoms with van der Waals surface area (Å²) in [5, 5.41) is 0. The molecule has 1 fully saturated rings. The number of rotatable bonds is 4. The van der Waals surface area contributed by atoms with Gasteiger partial charge in [-0.25, -0.2) is 9.18 Å². The van der Waals surface area contributed by atoms with Crippen molar-refractivity contribution in [2.45, 2.75) is 26.3 Å². The van der Waals surface area contributed by atoms with E-state index in [0.29, 0.717) is 12.3 Å². The van der Waals surface area contributed by atoms with Crippen LogP contribution < -0.4 is 4.90 Å². The maximum atomic E-state index is 13.0. The van der Waals surface area contributed by atoms with Crippen LogP contribution in [0.3, 0.4) is 0 Å². The minimum absolute atomic E-state index is 0.127. The van der Waals surface area contributed by atoms with Crippen molar-refractivity contribution < 1.29 is 13.9 Å². The number of anilines is 1. The molecule has 4 heteroatoms. The zero-order valence-corrected chi connectivity index (χ0v) is 11.7. The predicted molar refractivity (Wildman–Crippen MR) is 77.2 cm³/mol. The predicted octanol–water partition coefficient (Wildman–Crippen LogP) is 4.06. The number of nitrogens with zero attached hydrogens (tertiary/aromatic N) is 1. The minimum atomic E-state index is -0.389. The standard InChI is InChI=1S/C16H18FNO2/c1-3-4-5-6-12(2)15-11-20-16(19)18(15)14-9-7-13(17)8-10-14/h3-4,6-10,15H,5,11H2,1-2H3/b4-3-,12-6+. The Morgan fingerprint density at radius 2 is 2.15 bits per heavy atom. The highest BCUT2D eigenvalue weighted by Crippen LogP contribution is 2.27. The quantitative estimate of drug-likeness (QED) is 0.775. The van der Waals surface area contributed by atoms with E-state index in [0.717, 1.165) is 12.0 Å². The molecule has 1 aromatic carbocycles. The van der Waals surface area contributed by atoms with Crippen molar-refractivity contribution in [3.63, 3.8) is 0 Å². The minimum Gasteiger partial charge on any atom is -0.447 e. The van der Waals surface area contributed by atoms with Gasteiger partial charge in [-0.15, -0.1) is 0 Å². The molecular formula is C16H18FNO2. The number of hydrogen-bond donors (Lipinski definition) is 0. The lowest BCUT2D eigenvalue weighted by atomic mass is 10.1. The molecule has 20 heavy (non-hydrogen) atoms. The Morgan fingerprint density at radius 3 is 2.80 bits per heavy atom. The van der Waals surface area contributed by atoms with Gasteiger partial charge in [0.15, 0.2) is 0 Å². The van der Waals surface area contributed by atoms with Crippen molar-refractivity contribution in [2.24, 2.45) is 0 Å². The summed E-state index contributed by atoms with van der Waals surface area (Å²) in [4.78, 5) is 13.4. The average molecular weight is 275 g/mol. The van der Waals surface area contributed by atoms with E-state index >= 15 is 0 Å². The van der Waals surface area contributed by atoms with Crippen LogP contribution in [-0.2, 0) is 4.74 Å². The molecule has 1 saturated heterocycles. The molecule has 1 unspecified atom stereocenters. The first-order valence-corrected chi connectivity index (χ1v) is 6.63. The fourth-order valence-electron chi connectivity index (χ4n) is 2.17. The van der Waals surface area contributed by atoms with Gasteiger partial charge >= 0.3 is 6.09 Å². The lowest BCUT2D eigenvalue weighted by Gasteiger charge is -2.22. The first-order valence-electron chi connectivity index (χ1n) is 6.63. The molecule has 1 atom stereocenters. The summed E-state index contributed by atoms with van der Waals surface area (Å²) in [5.74, 6) is -0.321. The Bertz CT molecular complexity index is 534.